The fraction of sp³-hybridized carbons (Fsp3) is 0.304. The molecule has 1 aliphatic rings. The molecule has 1 unspecified atom stereocenters. The topological polar surface area (TPSA) is 119 Å². The van der Waals surface area contributed by atoms with Crippen LogP contribution in [0.25, 0.3) is 0 Å². The average Bonchev–Trinajstić information content (AvgIpc) is 3.26. The molecule has 0 fully saturated rings. The van der Waals surface area contributed by atoms with Crippen LogP contribution in [-0.4, -0.2) is 56.7 Å². The number of hydrogen-bond acceptors (Lipinski definition) is 8. The predicted octanol–water partition coefficient (Wildman–Crippen LogP) is 3.02. The van der Waals surface area contributed by atoms with Crippen molar-refractivity contribution in [3.63, 3.8) is 0 Å². The Balaban J connectivity index is 1.70. The summed E-state index contributed by atoms with van der Waals surface area (Å²) < 4.78 is 14.9. The zero-order chi connectivity index (χ0) is 23.6. The van der Waals surface area contributed by atoms with Crippen LogP contribution >= 0.6 is 0 Å². The number of nitrogens with zero attached hydrogens (tertiary/aromatic N) is 2. The molecule has 2 aromatic carbocycles. The molecule has 10 nitrogen and oxygen atoms in total. The van der Waals surface area contributed by atoms with Crippen LogP contribution in [-0.2, 0) is 23.8 Å². The van der Waals surface area contributed by atoms with Gasteiger partial charge in [0.2, 0.25) is 5.91 Å². The first-order valence-corrected chi connectivity index (χ1v) is 10.4. The third-order valence-corrected chi connectivity index (χ3v) is 4.64. The van der Waals surface area contributed by atoms with Crippen LogP contribution in [0.3, 0.4) is 0 Å². The summed E-state index contributed by atoms with van der Waals surface area (Å²) in [5, 5.41) is 11.3. The van der Waals surface area contributed by atoms with Gasteiger partial charge in [0.05, 0.1) is 18.9 Å². The fourth-order valence-electron chi connectivity index (χ4n) is 3.14. The molecule has 0 saturated heterocycles. The summed E-state index contributed by atoms with van der Waals surface area (Å²) in [7, 11) is 1.51. The molecule has 0 radical (unpaired) electrons. The van der Waals surface area contributed by atoms with Gasteiger partial charge in [-0.25, -0.2) is 9.59 Å². The molecule has 0 spiro atoms. The third kappa shape index (κ3) is 6.53. The van der Waals surface area contributed by atoms with Crippen molar-refractivity contribution < 1.29 is 28.6 Å². The van der Waals surface area contributed by atoms with Crippen LogP contribution in [0.2, 0.25) is 0 Å². The number of esters is 1. The SMILES string of the molecule is CCOC(=O)C1=NN(c2ccccc2)C(C(=O)Nc2cccc(NC(=O)OCCOC)c2)C1. The van der Waals surface area contributed by atoms with E-state index in [0.717, 1.165) is 0 Å². The van der Waals surface area contributed by atoms with Crippen molar-refractivity contribution in [1.82, 2.24) is 0 Å². The van der Waals surface area contributed by atoms with Crippen molar-refractivity contribution >= 4 is 40.7 Å². The summed E-state index contributed by atoms with van der Waals surface area (Å²) in [6, 6.07) is 15.0. The first-order valence-electron chi connectivity index (χ1n) is 10.4. The normalized spacial score (nSPS) is 14.9. The lowest BCUT2D eigenvalue weighted by atomic mass is 10.1. The van der Waals surface area contributed by atoms with Gasteiger partial charge in [-0.15, -0.1) is 0 Å². The molecule has 33 heavy (non-hydrogen) atoms. The third-order valence-electron chi connectivity index (χ3n) is 4.64. The Kier molecular flexibility index (Phi) is 8.36. The number of carbonyl (C=O) groups is 3. The Bertz CT molecular complexity index is 1010. The van der Waals surface area contributed by atoms with Crippen LogP contribution in [0.4, 0.5) is 21.9 Å². The largest absolute Gasteiger partial charge is 0.461 e. The molecule has 3 rings (SSSR count). The maximum absolute atomic E-state index is 13.1. The number of methoxy groups -OCH3 is 1. The highest BCUT2D eigenvalue weighted by atomic mass is 16.6. The number of hydrazone groups is 1. The van der Waals surface area contributed by atoms with Gasteiger partial charge in [0, 0.05) is 24.9 Å². The summed E-state index contributed by atoms with van der Waals surface area (Å²) in [5.74, 6) is -0.909. The minimum absolute atomic E-state index is 0.101. The predicted molar refractivity (Wildman–Crippen MR) is 123 cm³/mol. The molecule has 1 heterocycles. The lowest BCUT2D eigenvalue weighted by molar-refractivity contribution is -0.135. The van der Waals surface area contributed by atoms with Crippen LogP contribution in [0.1, 0.15) is 13.3 Å². The van der Waals surface area contributed by atoms with Crippen molar-refractivity contribution in [3.8, 4) is 0 Å². The Morgan fingerprint density at radius 3 is 2.42 bits per heavy atom. The number of hydrogen-bond donors (Lipinski definition) is 2. The molecule has 0 aromatic heterocycles. The van der Waals surface area contributed by atoms with Gasteiger partial charge in [-0.05, 0) is 37.3 Å². The van der Waals surface area contributed by atoms with Gasteiger partial charge in [0.1, 0.15) is 18.4 Å². The lowest BCUT2D eigenvalue weighted by Gasteiger charge is -2.22. The van der Waals surface area contributed by atoms with E-state index in [1.807, 2.05) is 18.2 Å². The van der Waals surface area contributed by atoms with Gasteiger partial charge in [0.15, 0.2) is 0 Å². The molecule has 10 heteroatoms. The highest BCUT2D eigenvalue weighted by Crippen LogP contribution is 2.26. The van der Waals surface area contributed by atoms with Crippen molar-refractivity contribution in [2.24, 2.45) is 5.10 Å². The van der Waals surface area contributed by atoms with Gasteiger partial charge in [-0.3, -0.25) is 15.1 Å². The van der Waals surface area contributed by atoms with Gasteiger partial charge < -0.3 is 19.5 Å². The molecule has 2 N–H and O–H groups in total. The Hall–Kier alpha value is -3.92. The molecule has 174 valence electrons. The molecule has 2 amide bonds. The minimum atomic E-state index is -0.748. The molecule has 1 atom stereocenters. The minimum Gasteiger partial charge on any atom is -0.461 e. The highest BCUT2D eigenvalue weighted by Gasteiger charge is 2.36. The van der Waals surface area contributed by atoms with E-state index in [4.69, 9.17) is 14.2 Å². The van der Waals surface area contributed by atoms with E-state index in [2.05, 4.69) is 15.7 Å². The fourth-order valence-corrected chi connectivity index (χ4v) is 3.14. The average molecular weight is 454 g/mol. The first kappa shape index (κ1) is 23.7. The van der Waals surface area contributed by atoms with Crippen molar-refractivity contribution in [1.29, 1.82) is 0 Å². The maximum Gasteiger partial charge on any atom is 0.411 e. The molecule has 0 aliphatic carbocycles. The molecular formula is C23H26N4O6. The van der Waals surface area contributed by atoms with E-state index in [-0.39, 0.29) is 31.3 Å². The van der Waals surface area contributed by atoms with E-state index in [0.29, 0.717) is 23.7 Å². The number of para-hydroxylation sites is 1. The van der Waals surface area contributed by atoms with E-state index in [1.54, 1.807) is 43.3 Å². The first-order chi connectivity index (χ1) is 16.0. The molecule has 0 saturated carbocycles. The van der Waals surface area contributed by atoms with Crippen LogP contribution in [0.15, 0.2) is 59.7 Å². The van der Waals surface area contributed by atoms with Crippen LogP contribution in [0.5, 0.6) is 0 Å². The summed E-state index contributed by atoms with van der Waals surface area (Å²) in [6.45, 7) is 2.34. The van der Waals surface area contributed by atoms with Gasteiger partial charge >= 0.3 is 12.1 Å². The Morgan fingerprint density at radius 2 is 1.73 bits per heavy atom. The van der Waals surface area contributed by atoms with Gasteiger partial charge in [-0.2, -0.15) is 5.10 Å². The second-order valence-corrected chi connectivity index (χ2v) is 6.99. The monoisotopic (exact) mass is 454 g/mol. The Labute approximate surface area is 191 Å². The van der Waals surface area contributed by atoms with E-state index < -0.39 is 18.1 Å². The summed E-state index contributed by atoms with van der Waals surface area (Å²) in [6.07, 6.45) is -0.530. The number of anilines is 3. The van der Waals surface area contributed by atoms with E-state index in [1.165, 1.54) is 12.1 Å². The number of carbonyl (C=O) groups excluding carboxylic acids is 3. The molecular weight excluding hydrogens is 428 g/mol. The van der Waals surface area contributed by atoms with Crippen LogP contribution in [0, 0.1) is 0 Å². The second-order valence-electron chi connectivity index (χ2n) is 6.99. The summed E-state index contributed by atoms with van der Waals surface area (Å²) in [4.78, 5) is 37.2. The lowest BCUT2D eigenvalue weighted by Crippen LogP contribution is -2.38. The zero-order valence-corrected chi connectivity index (χ0v) is 18.4. The number of benzene rings is 2. The van der Waals surface area contributed by atoms with E-state index >= 15 is 0 Å². The molecule has 1 aliphatic heterocycles. The quantitative estimate of drug-likeness (QED) is 0.442. The number of ether oxygens (including phenoxy) is 3. The Morgan fingerprint density at radius 1 is 1.00 bits per heavy atom. The zero-order valence-electron chi connectivity index (χ0n) is 18.4. The number of amides is 2. The van der Waals surface area contributed by atoms with Gasteiger partial charge in [-0.1, -0.05) is 24.3 Å². The van der Waals surface area contributed by atoms with E-state index in [9.17, 15) is 14.4 Å². The number of rotatable bonds is 9. The maximum atomic E-state index is 13.1. The second kappa shape index (κ2) is 11.6. The number of nitrogens with one attached hydrogen (secondary N) is 2. The molecule has 0 bridgehead atoms. The summed E-state index contributed by atoms with van der Waals surface area (Å²) >= 11 is 0. The smallest absolute Gasteiger partial charge is 0.411 e. The van der Waals surface area contributed by atoms with Crippen molar-refractivity contribution in [2.45, 2.75) is 19.4 Å². The van der Waals surface area contributed by atoms with Crippen molar-refractivity contribution in [2.75, 3.05) is 42.6 Å². The summed E-state index contributed by atoms with van der Waals surface area (Å²) in [5.41, 5.74) is 1.76. The standard InChI is InChI=1S/C23H26N4O6/c1-3-32-22(29)19-15-20(27(26-19)18-10-5-4-6-11-18)21(28)24-16-8-7-9-17(14-16)25-23(30)33-13-12-31-2/h4-11,14,20H,3,12-13,15H2,1-2H3,(H,24,28)(H,25,30). The molecule has 2 aromatic rings. The van der Waals surface area contributed by atoms with Crippen LogP contribution < -0.4 is 15.6 Å². The van der Waals surface area contributed by atoms with Crippen molar-refractivity contribution in [3.05, 3.63) is 54.6 Å². The highest BCUT2D eigenvalue weighted by molar-refractivity contribution is 6.38. The van der Waals surface area contributed by atoms with Gasteiger partial charge in [0.25, 0.3) is 0 Å².